The highest BCUT2D eigenvalue weighted by Gasteiger charge is 2.10. The van der Waals surface area contributed by atoms with Crippen LogP contribution >= 0.6 is 0 Å². The Labute approximate surface area is 122 Å². The second-order valence-electron chi connectivity index (χ2n) is 4.70. The maximum atomic E-state index is 11.4. The van der Waals surface area contributed by atoms with Crippen molar-refractivity contribution in [3.63, 3.8) is 0 Å². The van der Waals surface area contributed by atoms with E-state index < -0.39 is 5.97 Å². The molecular weight excluding hydrogens is 264 g/mol. The number of carbonyl (C=O) groups excluding carboxylic acids is 1. The molecular formula is C17H14N2O2. The molecule has 0 saturated heterocycles. The number of nitrogens with zero attached hydrogens (tertiary/aromatic N) is 2. The molecule has 0 saturated carbocycles. The molecule has 0 bridgehead atoms. The van der Waals surface area contributed by atoms with Crippen LogP contribution in [0.2, 0.25) is 0 Å². The van der Waals surface area contributed by atoms with Gasteiger partial charge in [0.2, 0.25) is 0 Å². The van der Waals surface area contributed by atoms with Gasteiger partial charge in [0.1, 0.15) is 5.75 Å². The van der Waals surface area contributed by atoms with Crippen molar-refractivity contribution in [2.24, 2.45) is 7.05 Å². The molecule has 21 heavy (non-hydrogen) atoms. The van der Waals surface area contributed by atoms with Crippen LogP contribution in [0.4, 0.5) is 0 Å². The van der Waals surface area contributed by atoms with E-state index >= 15 is 0 Å². The van der Waals surface area contributed by atoms with Crippen molar-refractivity contribution >= 4 is 16.9 Å². The third-order valence-electron chi connectivity index (χ3n) is 3.35. The van der Waals surface area contributed by atoms with Gasteiger partial charge in [-0.25, -0.2) is 4.79 Å². The average molecular weight is 278 g/mol. The monoisotopic (exact) mass is 278 g/mol. The summed E-state index contributed by atoms with van der Waals surface area (Å²) >= 11 is 0. The fourth-order valence-corrected chi connectivity index (χ4v) is 2.29. The van der Waals surface area contributed by atoms with Crippen molar-refractivity contribution in [2.75, 3.05) is 0 Å². The topological polar surface area (TPSA) is 44.1 Å². The van der Waals surface area contributed by atoms with Crippen LogP contribution in [0.25, 0.3) is 22.0 Å². The van der Waals surface area contributed by atoms with E-state index in [1.807, 2.05) is 31.4 Å². The Morgan fingerprint density at radius 2 is 2.19 bits per heavy atom. The molecule has 0 spiro atoms. The normalized spacial score (nSPS) is 10.5. The highest BCUT2D eigenvalue weighted by atomic mass is 16.5. The lowest BCUT2D eigenvalue weighted by Gasteiger charge is -2.09. The van der Waals surface area contributed by atoms with Crippen molar-refractivity contribution in [1.29, 1.82) is 0 Å². The van der Waals surface area contributed by atoms with Gasteiger partial charge in [0.15, 0.2) is 0 Å². The number of aryl methyl sites for hydroxylation is 1. The van der Waals surface area contributed by atoms with E-state index in [0.29, 0.717) is 5.75 Å². The van der Waals surface area contributed by atoms with Gasteiger partial charge in [0.25, 0.3) is 0 Å². The van der Waals surface area contributed by atoms with E-state index in [-0.39, 0.29) is 0 Å². The molecule has 0 amide bonds. The summed E-state index contributed by atoms with van der Waals surface area (Å²) in [7, 11) is 2.00. The summed E-state index contributed by atoms with van der Waals surface area (Å²) < 4.78 is 7.32. The molecule has 3 aromatic rings. The molecule has 2 aromatic heterocycles. The van der Waals surface area contributed by atoms with Crippen molar-refractivity contribution in [3.8, 4) is 16.9 Å². The molecule has 3 rings (SSSR count). The van der Waals surface area contributed by atoms with Gasteiger partial charge in [-0.3, -0.25) is 4.98 Å². The fourth-order valence-electron chi connectivity index (χ4n) is 2.29. The van der Waals surface area contributed by atoms with E-state index in [1.165, 1.54) is 0 Å². The third kappa shape index (κ3) is 2.43. The SMILES string of the molecule is C=CC(=O)Oc1ccncc1-c1ccc2c(ccn2C)c1. The zero-order valence-corrected chi connectivity index (χ0v) is 11.6. The van der Waals surface area contributed by atoms with Crippen LogP contribution in [0, 0.1) is 0 Å². The van der Waals surface area contributed by atoms with Crippen molar-refractivity contribution in [3.05, 3.63) is 61.6 Å². The van der Waals surface area contributed by atoms with Gasteiger partial charge in [-0.05, 0) is 29.8 Å². The molecule has 4 heteroatoms. The zero-order valence-electron chi connectivity index (χ0n) is 11.6. The minimum Gasteiger partial charge on any atom is -0.423 e. The van der Waals surface area contributed by atoms with E-state index in [4.69, 9.17) is 4.74 Å². The van der Waals surface area contributed by atoms with E-state index in [9.17, 15) is 4.79 Å². The van der Waals surface area contributed by atoms with Crippen LogP contribution in [0.15, 0.2) is 61.6 Å². The van der Waals surface area contributed by atoms with E-state index in [2.05, 4.69) is 22.2 Å². The van der Waals surface area contributed by atoms with Gasteiger partial charge < -0.3 is 9.30 Å². The molecule has 0 aliphatic rings. The standard InChI is InChI=1S/C17H14N2O2/c1-3-17(20)21-16-6-8-18-11-14(16)12-4-5-15-13(10-12)7-9-19(15)2/h3-11H,1H2,2H3. The zero-order chi connectivity index (χ0) is 14.8. The van der Waals surface area contributed by atoms with Gasteiger partial charge in [0, 0.05) is 48.2 Å². The molecule has 0 N–H and O–H groups in total. The van der Waals surface area contributed by atoms with Gasteiger partial charge in [0.05, 0.1) is 0 Å². The van der Waals surface area contributed by atoms with Gasteiger partial charge in [-0.15, -0.1) is 0 Å². The Morgan fingerprint density at radius 3 is 3.00 bits per heavy atom. The molecule has 0 unspecified atom stereocenters. The third-order valence-corrected chi connectivity index (χ3v) is 3.35. The summed E-state index contributed by atoms with van der Waals surface area (Å²) in [6.45, 7) is 3.41. The first-order valence-electron chi connectivity index (χ1n) is 6.53. The minimum atomic E-state index is -0.483. The molecule has 0 atom stereocenters. The number of carbonyl (C=O) groups is 1. The van der Waals surface area contributed by atoms with E-state index in [1.54, 1.807) is 18.5 Å². The fraction of sp³-hybridized carbons (Fsp3) is 0.0588. The molecule has 0 radical (unpaired) electrons. The lowest BCUT2D eigenvalue weighted by molar-refractivity contribution is -0.128. The number of aromatic nitrogens is 2. The number of ether oxygens (including phenoxy) is 1. The predicted molar refractivity (Wildman–Crippen MR) is 82.0 cm³/mol. The smallest absolute Gasteiger partial charge is 0.335 e. The number of esters is 1. The first kappa shape index (κ1) is 13.1. The highest BCUT2D eigenvalue weighted by Crippen LogP contribution is 2.31. The second-order valence-corrected chi connectivity index (χ2v) is 4.70. The molecule has 2 heterocycles. The summed E-state index contributed by atoms with van der Waals surface area (Å²) in [5.74, 6) is -0.00609. The number of fused-ring (bicyclic) bond motifs is 1. The number of hydrogen-bond donors (Lipinski definition) is 0. The van der Waals surface area contributed by atoms with Crippen molar-refractivity contribution < 1.29 is 9.53 Å². The lowest BCUT2D eigenvalue weighted by atomic mass is 10.1. The quantitative estimate of drug-likeness (QED) is 0.545. The molecule has 0 fully saturated rings. The number of benzene rings is 1. The first-order valence-corrected chi connectivity index (χ1v) is 6.53. The highest BCUT2D eigenvalue weighted by molar-refractivity contribution is 5.88. The van der Waals surface area contributed by atoms with Gasteiger partial charge in [-0.1, -0.05) is 12.6 Å². The van der Waals surface area contributed by atoms with Crippen LogP contribution in [-0.2, 0) is 11.8 Å². The van der Waals surface area contributed by atoms with Crippen LogP contribution in [-0.4, -0.2) is 15.5 Å². The number of rotatable bonds is 3. The molecule has 104 valence electrons. The summed E-state index contributed by atoms with van der Waals surface area (Å²) in [6.07, 6.45) is 6.44. The molecule has 0 aliphatic heterocycles. The molecule has 4 nitrogen and oxygen atoms in total. The average Bonchev–Trinajstić information content (AvgIpc) is 2.88. The van der Waals surface area contributed by atoms with Crippen molar-refractivity contribution in [1.82, 2.24) is 9.55 Å². The number of hydrogen-bond acceptors (Lipinski definition) is 3. The van der Waals surface area contributed by atoms with Gasteiger partial charge >= 0.3 is 5.97 Å². The van der Waals surface area contributed by atoms with Crippen LogP contribution in [0.1, 0.15) is 0 Å². The van der Waals surface area contributed by atoms with Gasteiger partial charge in [-0.2, -0.15) is 0 Å². The Morgan fingerprint density at radius 1 is 1.33 bits per heavy atom. The Hall–Kier alpha value is -2.88. The summed E-state index contributed by atoms with van der Waals surface area (Å²) in [4.78, 5) is 15.5. The summed E-state index contributed by atoms with van der Waals surface area (Å²) in [5.41, 5.74) is 2.87. The minimum absolute atomic E-state index is 0.477. The lowest BCUT2D eigenvalue weighted by Crippen LogP contribution is -2.04. The molecule has 1 aromatic carbocycles. The Balaban J connectivity index is 2.09. The molecule has 0 aliphatic carbocycles. The second kappa shape index (κ2) is 5.25. The van der Waals surface area contributed by atoms with Crippen molar-refractivity contribution in [2.45, 2.75) is 0 Å². The number of pyridine rings is 1. The van der Waals surface area contributed by atoms with Crippen LogP contribution in [0.3, 0.4) is 0 Å². The van der Waals surface area contributed by atoms with Crippen LogP contribution in [0.5, 0.6) is 5.75 Å². The van der Waals surface area contributed by atoms with E-state index in [0.717, 1.165) is 28.1 Å². The summed E-state index contributed by atoms with van der Waals surface area (Å²) in [6, 6.07) is 9.80. The largest absolute Gasteiger partial charge is 0.423 e. The Bertz CT molecular complexity index is 834. The Kier molecular flexibility index (Phi) is 3.28. The predicted octanol–water partition coefficient (Wildman–Crippen LogP) is 3.33. The summed E-state index contributed by atoms with van der Waals surface area (Å²) in [5, 5.41) is 1.12. The maximum absolute atomic E-state index is 11.4. The first-order chi connectivity index (χ1) is 10.2. The maximum Gasteiger partial charge on any atom is 0.335 e. The van der Waals surface area contributed by atoms with Crippen LogP contribution < -0.4 is 4.74 Å².